The van der Waals surface area contributed by atoms with Gasteiger partial charge in [-0.2, -0.15) is 0 Å². The average Bonchev–Trinajstić information content (AvgIpc) is 3.12. The number of hydrogen-bond acceptors (Lipinski definition) is 4. The maximum absolute atomic E-state index is 5.97. The average molecular weight is 304 g/mol. The second-order valence-electron chi connectivity index (χ2n) is 5.63. The van der Waals surface area contributed by atoms with Crippen molar-refractivity contribution in [1.82, 2.24) is 10.2 Å². The van der Waals surface area contributed by atoms with Crippen molar-refractivity contribution < 1.29 is 4.74 Å². The standard InChI is InChI=1S/C17H24N2OS/c1-18-12-17-15(14-6-2-3-7-16(14)21-17)13-20-11-10-19-8-4-5-9-19/h2-3,6-7,18H,4-5,8-13H2,1H3. The van der Waals surface area contributed by atoms with Crippen LogP contribution in [-0.2, 0) is 17.9 Å². The Hall–Kier alpha value is -0.940. The van der Waals surface area contributed by atoms with Crippen LogP contribution in [0.2, 0.25) is 0 Å². The van der Waals surface area contributed by atoms with Crippen molar-refractivity contribution in [2.75, 3.05) is 33.3 Å². The van der Waals surface area contributed by atoms with Crippen molar-refractivity contribution in [2.45, 2.75) is 26.0 Å². The van der Waals surface area contributed by atoms with Crippen LogP contribution in [0.3, 0.4) is 0 Å². The molecule has 2 aromatic rings. The summed E-state index contributed by atoms with van der Waals surface area (Å²) in [7, 11) is 2.00. The summed E-state index contributed by atoms with van der Waals surface area (Å²) in [5, 5.41) is 4.62. The minimum Gasteiger partial charge on any atom is -0.375 e. The van der Waals surface area contributed by atoms with Gasteiger partial charge in [0.25, 0.3) is 0 Å². The number of hydrogen-bond donors (Lipinski definition) is 1. The predicted octanol–water partition coefficient (Wildman–Crippen LogP) is 3.23. The molecule has 1 fully saturated rings. The van der Waals surface area contributed by atoms with E-state index in [0.717, 1.165) is 26.3 Å². The van der Waals surface area contributed by atoms with E-state index in [9.17, 15) is 0 Å². The molecule has 21 heavy (non-hydrogen) atoms. The first-order chi connectivity index (χ1) is 10.4. The highest BCUT2D eigenvalue weighted by Crippen LogP contribution is 2.31. The maximum atomic E-state index is 5.97. The van der Waals surface area contributed by atoms with Gasteiger partial charge in [-0.3, -0.25) is 0 Å². The number of benzene rings is 1. The summed E-state index contributed by atoms with van der Waals surface area (Å²) in [6, 6.07) is 8.64. The van der Waals surface area contributed by atoms with Crippen molar-refractivity contribution >= 4 is 21.4 Å². The number of nitrogens with one attached hydrogen (secondary N) is 1. The van der Waals surface area contributed by atoms with Crippen LogP contribution in [0.5, 0.6) is 0 Å². The zero-order valence-electron chi connectivity index (χ0n) is 12.7. The van der Waals surface area contributed by atoms with Gasteiger partial charge in [0, 0.05) is 28.2 Å². The molecule has 0 spiro atoms. The third kappa shape index (κ3) is 3.64. The fourth-order valence-corrected chi connectivity index (χ4v) is 4.21. The quantitative estimate of drug-likeness (QED) is 0.795. The van der Waals surface area contributed by atoms with Crippen LogP contribution in [0.4, 0.5) is 0 Å². The molecule has 1 aromatic heterocycles. The van der Waals surface area contributed by atoms with Crippen LogP contribution in [0.25, 0.3) is 10.1 Å². The fraction of sp³-hybridized carbons (Fsp3) is 0.529. The molecule has 114 valence electrons. The van der Waals surface area contributed by atoms with Crippen LogP contribution in [0, 0.1) is 0 Å². The van der Waals surface area contributed by atoms with Crippen molar-refractivity contribution in [1.29, 1.82) is 0 Å². The summed E-state index contributed by atoms with van der Waals surface area (Å²) in [5.74, 6) is 0. The van der Waals surface area contributed by atoms with E-state index in [4.69, 9.17) is 4.74 Å². The van der Waals surface area contributed by atoms with E-state index in [0.29, 0.717) is 0 Å². The molecule has 0 aliphatic carbocycles. The first-order valence-electron chi connectivity index (χ1n) is 7.82. The van der Waals surface area contributed by atoms with Gasteiger partial charge < -0.3 is 15.0 Å². The lowest BCUT2D eigenvalue weighted by molar-refractivity contribution is 0.0997. The molecule has 1 N–H and O–H groups in total. The molecule has 1 aliphatic heterocycles. The lowest BCUT2D eigenvalue weighted by Crippen LogP contribution is -2.24. The molecular weight excluding hydrogens is 280 g/mol. The van der Waals surface area contributed by atoms with Crippen LogP contribution in [0.1, 0.15) is 23.3 Å². The lowest BCUT2D eigenvalue weighted by atomic mass is 10.1. The highest BCUT2D eigenvalue weighted by atomic mass is 32.1. The Morgan fingerprint density at radius 2 is 2.05 bits per heavy atom. The smallest absolute Gasteiger partial charge is 0.0734 e. The van der Waals surface area contributed by atoms with Gasteiger partial charge in [-0.25, -0.2) is 0 Å². The minimum atomic E-state index is 0.731. The minimum absolute atomic E-state index is 0.731. The van der Waals surface area contributed by atoms with E-state index < -0.39 is 0 Å². The first-order valence-corrected chi connectivity index (χ1v) is 8.64. The van der Waals surface area contributed by atoms with Gasteiger partial charge in [-0.15, -0.1) is 11.3 Å². The zero-order chi connectivity index (χ0) is 14.5. The Labute approximate surface area is 130 Å². The SMILES string of the molecule is CNCc1sc2ccccc2c1COCCN1CCCC1. The number of rotatable bonds is 7. The Kier molecular flexibility index (Phi) is 5.25. The van der Waals surface area contributed by atoms with E-state index >= 15 is 0 Å². The van der Waals surface area contributed by atoms with E-state index in [2.05, 4.69) is 34.5 Å². The van der Waals surface area contributed by atoms with Gasteiger partial charge in [0.1, 0.15) is 0 Å². The normalized spacial score (nSPS) is 16.0. The molecule has 3 rings (SSSR count). The Morgan fingerprint density at radius 1 is 1.24 bits per heavy atom. The van der Waals surface area contributed by atoms with Crippen molar-refractivity contribution in [3.63, 3.8) is 0 Å². The van der Waals surface area contributed by atoms with Crippen LogP contribution in [0.15, 0.2) is 24.3 Å². The molecular formula is C17H24N2OS. The summed E-state index contributed by atoms with van der Waals surface area (Å²) >= 11 is 1.88. The van der Waals surface area contributed by atoms with Gasteiger partial charge in [0.15, 0.2) is 0 Å². The number of likely N-dealkylation sites (tertiary alicyclic amines) is 1. The Bertz CT molecular complexity index is 575. The number of ether oxygens (including phenoxy) is 1. The van der Waals surface area contributed by atoms with E-state index in [1.807, 2.05) is 18.4 Å². The highest BCUT2D eigenvalue weighted by Gasteiger charge is 2.13. The summed E-state index contributed by atoms with van der Waals surface area (Å²) < 4.78 is 7.33. The molecule has 2 heterocycles. The number of nitrogens with zero attached hydrogens (tertiary/aromatic N) is 1. The lowest BCUT2D eigenvalue weighted by Gasteiger charge is -2.14. The number of thiophene rings is 1. The first kappa shape index (κ1) is 15.0. The van der Waals surface area contributed by atoms with Crippen LogP contribution in [-0.4, -0.2) is 38.2 Å². The molecule has 3 nitrogen and oxygen atoms in total. The van der Waals surface area contributed by atoms with E-state index in [1.54, 1.807) is 0 Å². The second-order valence-corrected chi connectivity index (χ2v) is 6.77. The van der Waals surface area contributed by atoms with Gasteiger partial charge in [-0.1, -0.05) is 18.2 Å². The van der Waals surface area contributed by atoms with Crippen molar-refractivity contribution in [3.8, 4) is 0 Å². The summed E-state index contributed by atoms with van der Waals surface area (Å²) in [6.45, 7) is 6.05. The highest BCUT2D eigenvalue weighted by molar-refractivity contribution is 7.19. The molecule has 1 aromatic carbocycles. The van der Waals surface area contributed by atoms with Gasteiger partial charge in [-0.05, 0) is 44.4 Å². The van der Waals surface area contributed by atoms with Gasteiger partial charge >= 0.3 is 0 Å². The maximum Gasteiger partial charge on any atom is 0.0734 e. The topological polar surface area (TPSA) is 24.5 Å². The monoisotopic (exact) mass is 304 g/mol. The van der Waals surface area contributed by atoms with Crippen molar-refractivity contribution in [3.05, 3.63) is 34.7 Å². The molecule has 0 saturated carbocycles. The predicted molar refractivity (Wildman–Crippen MR) is 89.9 cm³/mol. The molecule has 0 radical (unpaired) electrons. The van der Waals surface area contributed by atoms with Gasteiger partial charge in [0.05, 0.1) is 13.2 Å². The van der Waals surface area contributed by atoms with Crippen LogP contribution < -0.4 is 5.32 Å². The summed E-state index contributed by atoms with van der Waals surface area (Å²) in [6.07, 6.45) is 2.70. The molecule has 0 atom stereocenters. The largest absolute Gasteiger partial charge is 0.375 e. The molecule has 1 aliphatic rings. The third-order valence-corrected chi connectivity index (χ3v) is 5.33. The zero-order valence-corrected chi connectivity index (χ0v) is 13.5. The van der Waals surface area contributed by atoms with Crippen molar-refractivity contribution in [2.24, 2.45) is 0 Å². The molecule has 0 bridgehead atoms. The van der Waals surface area contributed by atoms with Crippen LogP contribution >= 0.6 is 11.3 Å². The Balaban J connectivity index is 1.62. The molecule has 1 saturated heterocycles. The van der Waals surface area contributed by atoms with Gasteiger partial charge in [0.2, 0.25) is 0 Å². The van der Waals surface area contributed by atoms with E-state index in [1.165, 1.54) is 46.5 Å². The summed E-state index contributed by atoms with van der Waals surface area (Å²) in [4.78, 5) is 3.90. The molecule has 0 unspecified atom stereocenters. The summed E-state index contributed by atoms with van der Waals surface area (Å²) in [5.41, 5.74) is 1.37. The third-order valence-electron chi connectivity index (χ3n) is 4.12. The molecule has 4 heteroatoms. The molecule has 0 amide bonds. The van der Waals surface area contributed by atoms with E-state index in [-0.39, 0.29) is 0 Å². The Morgan fingerprint density at radius 3 is 2.86 bits per heavy atom. The fourth-order valence-electron chi connectivity index (χ4n) is 2.99. The second kappa shape index (κ2) is 7.36. The number of fused-ring (bicyclic) bond motifs is 1.